The highest BCUT2D eigenvalue weighted by atomic mass is 28.4. The summed E-state index contributed by atoms with van der Waals surface area (Å²) in [6.07, 6.45) is 11.9. The first-order valence-corrected chi connectivity index (χ1v) is 23.6. The predicted octanol–water partition coefficient (Wildman–Crippen LogP) is 4.58. The largest absolute Gasteiger partial charge is 0.454 e. The third-order valence-corrected chi connectivity index (χ3v) is 19.1. The molecule has 2 aliphatic heterocycles. The van der Waals surface area contributed by atoms with Gasteiger partial charge >= 0.3 is 0 Å². The minimum Gasteiger partial charge on any atom is -0.454 e. The molecule has 0 spiro atoms. The van der Waals surface area contributed by atoms with Gasteiger partial charge in [0.05, 0.1) is 0 Å². The first kappa shape index (κ1) is 24.0. The van der Waals surface area contributed by atoms with Gasteiger partial charge in [-0.2, -0.15) is 0 Å². The molecule has 8 heteroatoms. The summed E-state index contributed by atoms with van der Waals surface area (Å²) in [5.41, 5.74) is 0. The molecule has 0 radical (unpaired) electrons. The summed E-state index contributed by atoms with van der Waals surface area (Å²) < 4.78 is 12.9. The molecule has 0 unspecified atom stereocenters. The van der Waals surface area contributed by atoms with Crippen LogP contribution in [0, 0.1) is 0 Å². The fraction of sp³-hybridized carbons (Fsp3) is 1.00. The highest BCUT2D eigenvalue weighted by Gasteiger charge is 2.41. The summed E-state index contributed by atoms with van der Waals surface area (Å²) >= 11 is 0. The molecule has 27 heavy (non-hydrogen) atoms. The van der Waals surface area contributed by atoms with Crippen molar-refractivity contribution >= 4 is 33.3 Å². The van der Waals surface area contributed by atoms with Crippen LogP contribution in [0.5, 0.6) is 0 Å². The lowest BCUT2D eigenvalue weighted by atomic mass is 10.1. The summed E-state index contributed by atoms with van der Waals surface area (Å²) in [7, 11) is -5.74. The van der Waals surface area contributed by atoms with E-state index in [1.165, 1.54) is 69.9 Å². The molecule has 0 atom stereocenters. The van der Waals surface area contributed by atoms with Gasteiger partial charge in [0.2, 0.25) is 0 Å². The van der Waals surface area contributed by atoms with Gasteiger partial charge in [-0.05, 0) is 78.3 Å². The molecular formula is C19H46N2O2Si4. The summed E-state index contributed by atoms with van der Waals surface area (Å²) in [6, 6.07) is 0. The summed E-state index contributed by atoms with van der Waals surface area (Å²) in [4.78, 5) is 5.46. The Bertz CT molecular complexity index is 412. The molecule has 2 saturated heterocycles. The van der Waals surface area contributed by atoms with Gasteiger partial charge in [-0.15, -0.1) is 0 Å². The Balaban J connectivity index is 1.57. The molecule has 0 aromatic heterocycles. The van der Waals surface area contributed by atoms with Crippen LogP contribution in [0.15, 0.2) is 0 Å². The smallest absolute Gasteiger partial charge is 0.187 e. The zero-order chi connectivity index (χ0) is 20.3. The van der Waals surface area contributed by atoms with E-state index >= 15 is 0 Å². The lowest BCUT2D eigenvalue weighted by molar-refractivity contribution is 0.284. The number of unbranched alkanes of at least 4 members (excludes halogenated alkanes) is 4. The van der Waals surface area contributed by atoms with Crippen molar-refractivity contribution in [3.63, 3.8) is 0 Å². The van der Waals surface area contributed by atoms with Crippen LogP contribution in [0.4, 0.5) is 0 Å². The van der Waals surface area contributed by atoms with Crippen molar-refractivity contribution in [1.29, 1.82) is 0 Å². The highest BCUT2D eigenvalue weighted by Crippen LogP contribution is 2.24. The van der Waals surface area contributed by atoms with Crippen LogP contribution in [0.3, 0.4) is 0 Å². The van der Waals surface area contributed by atoms with Gasteiger partial charge in [-0.1, -0.05) is 19.3 Å². The van der Waals surface area contributed by atoms with Gasteiger partial charge in [-0.3, -0.25) is 0 Å². The quantitative estimate of drug-likeness (QED) is 0.402. The van der Waals surface area contributed by atoms with E-state index < -0.39 is 33.3 Å². The second kappa shape index (κ2) is 9.24. The third-order valence-electron chi connectivity index (χ3n) is 5.47. The topological polar surface area (TPSA) is 24.9 Å². The summed E-state index contributed by atoms with van der Waals surface area (Å²) in [5.74, 6) is 0. The van der Waals surface area contributed by atoms with Crippen LogP contribution in [0.25, 0.3) is 0 Å². The van der Waals surface area contributed by atoms with Crippen LogP contribution in [0.2, 0.25) is 52.4 Å². The average Bonchev–Trinajstić information content (AvgIpc) is 2.39. The van der Waals surface area contributed by atoms with E-state index in [9.17, 15) is 0 Å². The third kappa shape index (κ3) is 8.94. The zero-order valence-corrected chi connectivity index (χ0v) is 23.5. The van der Waals surface area contributed by atoms with Crippen molar-refractivity contribution in [2.75, 3.05) is 37.8 Å². The second-order valence-corrected chi connectivity index (χ2v) is 28.4. The molecule has 0 aromatic carbocycles. The van der Waals surface area contributed by atoms with E-state index in [0.717, 1.165) is 0 Å². The minimum absolute atomic E-state index is 1.24. The number of hydrogen-bond donors (Lipinski definition) is 0. The molecule has 160 valence electrons. The molecular weight excluding hydrogens is 401 g/mol. The number of rotatable bonds is 8. The van der Waals surface area contributed by atoms with E-state index in [0.29, 0.717) is 0 Å². The predicted molar refractivity (Wildman–Crippen MR) is 128 cm³/mol. The zero-order valence-electron chi connectivity index (χ0n) is 19.5. The van der Waals surface area contributed by atoms with E-state index in [-0.39, 0.29) is 0 Å². The fourth-order valence-electron chi connectivity index (χ4n) is 5.41. The van der Waals surface area contributed by atoms with Gasteiger partial charge < -0.3 is 18.0 Å². The maximum atomic E-state index is 6.47. The Morgan fingerprint density at radius 1 is 0.481 bits per heavy atom. The molecule has 0 aromatic rings. The van der Waals surface area contributed by atoms with E-state index in [1.807, 2.05) is 0 Å². The van der Waals surface area contributed by atoms with Crippen molar-refractivity contribution in [2.45, 2.75) is 84.5 Å². The van der Waals surface area contributed by atoms with Crippen molar-refractivity contribution in [3.05, 3.63) is 0 Å². The lowest BCUT2D eigenvalue weighted by Gasteiger charge is -2.45. The Hall–Kier alpha value is 0.708. The highest BCUT2D eigenvalue weighted by molar-refractivity contribution is 6.86. The van der Waals surface area contributed by atoms with Gasteiger partial charge in [0.1, 0.15) is 0 Å². The maximum absolute atomic E-state index is 6.47. The monoisotopic (exact) mass is 446 g/mol. The minimum atomic E-state index is -1.43. The van der Waals surface area contributed by atoms with Crippen molar-refractivity contribution in [3.8, 4) is 0 Å². The second-order valence-electron chi connectivity index (χ2n) is 11.4. The first-order chi connectivity index (χ1) is 12.3. The van der Waals surface area contributed by atoms with Crippen molar-refractivity contribution < 1.29 is 8.23 Å². The SMILES string of the molecule is C[Si]1(C)CN(CCCCCCCN2C[Si](C)(C)O[Si](C)(C)C2)C[Si](C)(C)O1. The van der Waals surface area contributed by atoms with Crippen LogP contribution in [0.1, 0.15) is 32.1 Å². The van der Waals surface area contributed by atoms with E-state index in [2.05, 4.69) is 62.2 Å². The summed E-state index contributed by atoms with van der Waals surface area (Å²) in [5, 5.41) is 0. The summed E-state index contributed by atoms with van der Waals surface area (Å²) in [6.45, 7) is 21.8. The van der Waals surface area contributed by atoms with Gasteiger partial charge in [0, 0.05) is 24.7 Å². The molecule has 0 saturated carbocycles. The van der Waals surface area contributed by atoms with Crippen LogP contribution >= 0.6 is 0 Å². The molecule has 0 N–H and O–H groups in total. The molecule has 2 heterocycles. The Kier molecular flexibility index (Phi) is 8.21. The van der Waals surface area contributed by atoms with Gasteiger partial charge in [0.25, 0.3) is 0 Å². The number of hydrogen-bond acceptors (Lipinski definition) is 4. The van der Waals surface area contributed by atoms with Crippen LogP contribution in [-0.2, 0) is 8.23 Å². The molecule has 0 aliphatic carbocycles. The fourth-order valence-corrected chi connectivity index (χ4v) is 24.2. The van der Waals surface area contributed by atoms with Crippen LogP contribution in [-0.4, -0.2) is 80.8 Å². The molecule has 0 bridgehead atoms. The standard InChI is InChI=1S/C19H46N2O2Si4/c1-24(2)16-20(17-25(3,4)22-24)14-12-10-9-11-13-15-21-18-26(5,6)23-27(7,8)19-21/h9-19H2,1-8H3. The molecule has 2 rings (SSSR count). The van der Waals surface area contributed by atoms with E-state index in [4.69, 9.17) is 8.23 Å². The normalized spacial score (nSPS) is 27.6. The Morgan fingerprint density at radius 2 is 0.741 bits per heavy atom. The molecule has 2 aliphatic rings. The number of nitrogens with zero attached hydrogens (tertiary/aromatic N) is 2. The molecule has 0 amide bonds. The maximum Gasteiger partial charge on any atom is 0.187 e. The van der Waals surface area contributed by atoms with Gasteiger partial charge in [0.15, 0.2) is 33.3 Å². The van der Waals surface area contributed by atoms with Gasteiger partial charge in [-0.25, -0.2) is 0 Å². The Morgan fingerprint density at radius 3 is 1.04 bits per heavy atom. The first-order valence-electron chi connectivity index (χ1n) is 11.1. The average molecular weight is 447 g/mol. The van der Waals surface area contributed by atoms with E-state index in [1.54, 1.807) is 0 Å². The van der Waals surface area contributed by atoms with Crippen molar-refractivity contribution in [2.24, 2.45) is 0 Å². The van der Waals surface area contributed by atoms with Crippen molar-refractivity contribution in [1.82, 2.24) is 9.80 Å². The lowest BCUT2D eigenvalue weighted by Crippen LogP contribution is -2.62. The molecule has 4 nitrogen and oxygen atoms in total. The molecule has 2 fully saturated rings. The Labute approximate surface area is 173 Å². The van der Waals surface area contributed by atoms with Crippen LogP contribution < -0.4 is 0 Å².